The Morgan fingerprint density at radius 3 is 2.64 bits per heavy atom. The molecule has 2 N–H and O–H groups in total. The number of rotatable bonds is 7. The summed E-state index contributed by atoms with van der Waals surface area (Å²) in [5.41, 5.74) is -0.0106. The molecule has 0 amide bonds. The van der Waals surface area contributed by atoms with Crippen LogP contribution < -0.4 is 10.0 Å². The van der Waals surface area contributed by atoms with Crippen molar-refractivity contribution < 1.29 is 17.5 Å². The van der Waals surface area contributed by atoms with Crippen LogP contribution in [0, 0.1) is 11.2 Å². The number of hydrogen-bond acceptors (Lipinski definition) is 4. The van der Waals surface area contributed by atoms with Gasteiger partial charge in [-0.2, -0.15) is 0 Å². The van der Waals surface area contributed by atoms with E-state index in [-0.39, 0.29) is 16.7 Å². The minimum absolute atomic E-state index is 0.182. The average Bonchev–Trinajstić information content (AvgIpc) is 2.49. The monoisotopic (exact) mass is 330 g/mol. The molecule has 0 aromatic heterocycles. The first kappa shape index (κ1) is 17.3. The van der Waals surface area contributed by atoms with Gasteiger partial charge in [-0.3, -0.25) is 0 Å². The Kier molecular flexibility index (Phi) is 5.91. The van der Waals surface area contributed by atoms with Crippen LogP contribution in [0.5, 0.6) is 0 Å². The predicted molar refractivity (Wildman–Crippen MR) is 83.4 cm³/mol. The lowest BCUT2D eigenvalue weighted by Gasteiger charge is -2.37. The second-order valence-corrected chi connectivity index (χ2v) is 7.66. The Labute approximate surface area is 131 Å². The van der Waals surface area contributed by atoms with Crippen LogP contribution in [0.25, 0.3) is 0 Å². The van der Waals surface area contributed by atoms with E-state index in [1.807, 2.05) is 0 Å². The number of hydrogen-bond donors (Lipinski definition) is 2. The summed E-state index contributed by atoms with van der Waals surface area (Å²) in [6.45, 7) is 2.52. The average molecular weight is 330 g/mol. The first-order chi connectivity index (χ1) is 10.5. The third-order valence-corrected chi connectivity index (χ3v) is 5.36. The molecule has 1 heterocycles. The van der Waals surface area contributed by atoms with Crippen molar-refractivity contribution in [3.8, 4) is 0 Å². The van der Waals surface area contributed by atoms with E-state index in [2.05, 4.69) is 10.0 Å². The van der Waals surface area contributed by atoms with Crippen molar-refractivity contribution in [2.75, 3.05) is 33.4 Å². The SMILES string of the molecule is COCC1(CNS(=O)(=O)Cc2ccccc2F)CCNCC1. The van der Waals surface area contributed by atoms with Gasteiger partial charge in [-0.05, 0) is 32.0 Å². The molecule has 1 fully saturated rings. The topological polar surface area (TPSA) is 67.4 Å². The van der Waals surface area contributed by atoms with Crippen molar-refractivity contribution in [2.45, 2.75) is 18.6 Å². The highest BCUT2D eigenvalue weighted by Gasteiger charge is 2.33. The van der Waals surface area contributed by atoms with E-state index < -0.39 is 15.8 Å². The van der Waals surface area contributed by atoms with E-state index in [1.54, 1.807) is 19.2 Å². The molecule has 1 aliphatic heterocycles. The van der Waals surface area contributed by atoms with Crippen LogP contribution in [0.15, 0.2) is 24.3 Å². The molecule has 7 heteroatoms. The number of sulfonamides is 1. The maximum absolute atomic E-state index is 13.6. The first-order valence-electron chi connectivity index (χ1n) is 7.37. The molecule has 0 spiro atoms. The zero-order valence-corrected chi connectivity index (χ0v) is 13.6. The van der Waals surface area contributed by atoms with Crippen LogP contribution in [0.2, 0.25) is 0 Å². The summed E-state index contributed by atoms with van der Waals surface area (Å²) < 4.78 is 45.9. The molecule has 0 aliphatic carbocycles. The van der Waals surface area contributed by atoms with Crippen molar-refractivity contribution in [1.29, 1.82) is 0 Å². The van der Waals surface area contributed by atoms with Crippen LogP contribution in [-0.4, -0.2) is 41.8 Å². The predicted octanol–water partition coefficient (Wildman–Crippen LogP) is 1.26. The Morgan fingerprint density at radius 2 is 2.00 bits per heavy atom. The Bertz CT molecular complexity index is 581. The van der Waals surface area contributed by atoms with Crippen molar-refractivity contribution in [3.05, 3.63) is 35.6 Å². The summed E-state index contributed by atoms with van der Waals surface area (Å²) in [5, 5.41) is 3.26. The Balaban J connectivity index is 2.00. The molecule has 0 saturated carbocycles. The molecule has 124 valence electrons. The van der Waals surface area contributed by atoms with Gasteiger partial charge in [0.25, 0.3) is 0 Å². The van der Waals surface area contributed by atoms with E-state index in [4.69, 9.17) is 4.74 Å². The lowest BCUT2D eigenvalue weighted by molar-refractivity contribution is 0.0577. The van der Waals surface area contributed by atoms with E-state index in [9.17, 15) is 12.8 Å². The van der Waals surface area contributed by atoms with Gasteiger partial charge in [0.05, 0.1) is 12.4 Å². The van der Waals surface area contributed by atoms with Gasteiger partial charge in [0.1, 0.15) is 5.82 Å². The van der Waals surface area contributed by atoms with Crippen molar-refractivity contribution >= 4 is 10.0 Å². The smallest absolute Gasteiger partial charge is 0.215 e. The van der Waals surface area contributed by atoms with Crippen LogP contribution in [-0.2, 0) is 20.5 Å². The van der Waals surface area contributed by atoms with E-state index >= 15 is 0 Å². The fourth-order valence-electron chi connectivity index (χ4n) is 2.77. The van der Waals surface area contributed by atoms with Gasteiger partial charge in [-0.25, -0.2) is 17.5 Å². The van der Waals surface area contributed by atoms with Crippen molar-refractivity contribution in [2.24, 2.45) is 5.41 Å². The minimum Gasteiger partial charge on any atom is -0.384 e. The van der Waals surface area contributed by atoms with Gasteiger partial charge >= 0.3 is 0 Å². The molecular weight excluding hydrogens is 307 g/mol. The van der Waals surface area contributed by atoms with Gasteiger partial charge in [0.15, 0.2) is 0 Å². The third kappa shape index (κ3) is 4.74. The van der Waals surface area contributed by atoms with Crippen LogP contribution >= 0.6 is 0 Å². The lowest BCUT2D eigenvalue weighted by atomic mass is 9.80. The van der Waals surface area contributed by atoms with Crippen LogP contribution in [0.4, 0.5) is 4.39 Å². The van der Waals surface area contributed by atoms with E-state index in [1.165, 1.54) is 12.1 Å². The Hall–Kier alpha value is -1.02. The van der Waals surface area contributed by atoms with Crippen molar-refractivity contribution in [3.63, 3.8) is 0 Å². The van der Waals surface area contributed by atoms with E-state index in [0.29, 0.717) is 13.2 Å². The molecule has 22 heavy (non-hydrogen) atoms. The molecule has 1 aromatic carbocycles. The third-order valence-electron chi connectivity index (χ3n) is 4.09. The fourth-order valence-corrected chi connectivity index (χ4v) is 4.04. The van der Waals surface area contributed by atoms with Gasteiger partial charge in [-0.1, -0.05) is 18.2 Å². The zero-order valence-electron chi connectivity index (χ0n) is 12.8. The molecule has 0 radical (unpaired) electrons. The minimum atomic E-state index is -3.58. The largest absolute Gasteiger partial charge is 0.384 e. The quantitative estimate of drug-likeness (QED) is 0.790. The zero-order chi connectivity index (χ0) is 16.1. The second-order valence-electron chi connectivity index (χ2n) is 5.85. The number of halogens is 1. The summed E-state index contributed by atoms with van der Waals surface area (Å²) in [4.78, 5) is 0. The molecule has 1 aliphatic rings. The Morgan fingerprint density at radius 1 is 1.32 bits per heavy atom. The molecule has 0 bridgehead atoms. The molecule has 0 unspecified atom stereocenters. The number of piperidine rings is 1. The second kappa shape index (κ2) is 7.50. The maximum atomic E-state index is 13.6. The summed E-state index contributed by atoms with van der Waals surface area (Å²) in [6, 6.07) is 5.93. The standard InChI is InChI=1S/C15H23FN2O3S/c1-21-12-15(6-8-17-9-7-15)11-18-22(19,20)10-13-4-2-3-5-14(13)16/h2-5,17-18H,6-12H2,1H3. The molecule has 5 nitrogen and oxygen atoms in total. The highest BCUT2D eigenvalue weighted by molar-refractivity contribution is 7.88. The fraction of sp³-hybridized carbons (Fsp3) is 0.600. The molecule has 1 saturated heterocycles. The first-order valence-corrected chi connectivity index (χ1v) is 9.02. The number of ether oxygens (including phenoxy) is 1. The highest BCUT2D eigenvalue weighted by atomic mass is 32.2. The molecule has 1 aromatic rings. The lowest BCUT2D eigenvalue weighted by Crippen LogP contribution is -2.47. The van der Waals surface area contributed by atoms with Gasteiger partial charge in [-0.15, -0.1) is 0 Å². The highest BCUT2D eigenvalue weighted by Crippen LogP contribution is 2.28. The van der Waals surface area contributed by atoms with Gasteiger partial charge in [0.2, 0.25) is 10.0 Å². The normalized spacial score (nSPS) is 18.3. The summed E-state index contributed by atoms with van der Waals surface area (Å²) in [6.07, 6.45) is 1.70. The summed E-state index contributed by atoms with van der Waals surface area (Å²) in [5.74, 6) is -0.845. The van der Waals surface area contributed by atoms with Crippen LogP contribution in [0.1, 0.15) is 18.4 Å². The van der Waals surface area contributed by atoms with E-state index in [0.717, 1.165) is 25.9 Å². The number of benzene rings is 1. The van der Waals surface area contributed by atoms with Gasteiger partial charge < -0.3 is 10.1 Å². The molecular formula is C15H23FN2O3S. The number of methoxy groups -OCH3 is 1. The van der Waals surface area contributed by atoms with Crippen molar-refractivity contribution in [1.82, 2.24) is 10.0 Å². The summed E-state index contributed by atoms with van der Waals surface area (Å²) in [7, 11) is -1.96. The summed E-state index contributed by atoms with van der Waals surface area (Å²) >= 11 is 0. The van der Waals surface area contributed by atoms with Gasteiger partial charge in [0, 0.05) is 24.6 Å². The number of nitrogens with one attached hydrogen (secondary N) is 2. The van der Waals surface area contributed by atoms with Crippen LogP contribution in [0.3, 0.4) is 0 Å². The molecule has 0 atom stereocenters. The molecule has 2 rings (SSSR count). The maximum Gasteiger partial charge on any atom is 0.215 e.